The van der Waals surface area contributed by atoms with Crippen molar-refractivity contribution >= 4 is 27.5 Å². The topological polar surface area (TPSA) is 137 Å². The highest BCUT2D eigenvalue weighted by molar-refractivity contribution is 7.88. The van der Waals surface area contributed by atoms with Crippen LogP contribution >= 0.6 is 0 Å². The molecule has 0 spiro atoms. The van der Waals surface area contributed by atoms with Crippen LogP contribution in [0.2, 0.25) is 0 Å². The second-order valence-corrected chi connectivity index (χ2v) is 10.00. The number of fused-ring (bicyclic) bond motifs is 1. The molecular weight excluding hydrogens is 426 g/mol. The van der Waals surface area contributed by atoms with Crippen molar-refractivity contribution in [2.45, 2.75) is 43.7 Å². The van der Waals surface area contributed by atoms with Crippen molar-refractivity contribution in [3.63, 3.8) is 0 Å². The van der Waals surface area contributed by atoms with Crippen LogP contribution in [0.5, 0.6) is 0 Å². The van der Waals surface area contributed by atoms with E-state index in [-0.39, 0.29) is 23.7 Å². The lowest BCUT2D eigenvalue weighted by molar-refractivity contribution is -0.121. The molecule has 0 aliphatic carbocycles. The number of nitrogens with zero attached hydrogens (tertiary/aromatic N) is 4. The van der Waals surface area contributed by atoms with Crippen LogP contribution in [-0.2, 0) is 24.4 Å². The highest BCUT2D eigenvalue weighted by Crippen LogP contribution is 2.23. The van der Waals surface area contributed by atoms with Gasteiger partial charge in [-0.3, -0.25) is 15.4 Å². The van der Waals surface area contributed by atoms with E-state index in [4.69, 9.17) is 14.6 Å². The number of ether oxygens (including phenoxy) is 1. The summed E-state index contributed by atoms with van der Waals surface area (Å²) in [5.41, 5.74) is 3.03. The third-order valence-corrected chi connectivity index (χ3v) is 7.14. The van der Waals surface area contributed by atoms with E-state index in [9.17, 15) is 13.2 Å². The predicted octanol–water partition coefficient (Wildman–Crippen LogP) is -1.30. The number of hydrogen-bond donors (Lipinski definition) is 3. The van der Waals surface area contributed by atoms with Crippen LogP contribution in [0.25, 0.3) is 0 Å². The summed E-state index contributed by atoms with van der Waals surface area (Å²) < 4.78 is 30.5. The number of rotatable bonds is 6. The van der Waals surface area contributed by atoms with Gasteiger partial charge in [-0.25, -0.2) is 22.7 Å². The average Bonchev–Trinajstić information content (AvgIpc) is 2.74. The number of carbonyl (C=O) groups is 1. The van der Waals surface area contributed by atoms with Crippen LogP contribution in [0.15, 0.2) is 22.4 Å². The van der Waals surface area contributed by atoms with E-state index in [1.165, 1.54) is 17.7 Å². The van der Waals surface area contributed by atoms with Gasteiger partial charge in [0.05, 0.1) is 13.4 Å². The van der Waals surface area contributed by atoms with Gasteiger partial charge < -0.3 is 14.5 Å². The van der Waals surface area contributed by atoms with Gasteiger partial charge in [-0.05, 0) is 25.7 Å². The maximum Gasteiger partial charge on any atom is 0.277 e. The summed E-state index contributed by atoms with van der Waals surface area (Å²) in [4.78, 5) is 29.1. The molecule has 1 atom stereocenters. The molecule has 12 nitrogen and oxygen atoms in total. The monoisotopic (exact) mass is 455 g/mol. The molecule has 4 heterocycles. The smallest absolute Gasteiger partial charge is 0.277 e. The molecule has 13 heteroatoms. The Kier molecular flexibility index (Phi) is 6.42. The summed E-state index contributed by atoms with van der Waals surface area (Å²) in [5.74, 6) is -1.31. The highest BCUT2D eigenvalue weighted by atomic mass is 32.2. The van der Waals surface area contributed by atoms with Gasteiger partial charge >= 0.3 is 0 Å². The number of hydroxylamine groups is 1. The predicted molar refractivity (Wildman–Crippen MR) is 113 cm³/mol. The fourth-order valence-electron chi connectivity index (χ4n) is 4.29. The van der Waals surface area contributed by atoms with Crippen molar-refractivity contribution in [2.75, 3.05) is 39.7 Å². The zero-order chi connectivity index (χ0) is 22.1. The summed E-state index contributed by atoms with van der Waals surface area (Å²) in [5, 5.41) is 6.14. The molecule has 2 fully saturated rings. The van der Waals surface area contributed by atoms with Gasteiger partial charge in [-0.15, -0.1) is 5.48 Å². The number of hydrogen-bond acceptors (Lipinski definition) is 10. The zero-order valence-corrected chi connectivity index (χ0v) is 18.5. The lowest BCUT2D eigenvalue weighted by atomic mass is 10.0. The molecule has 0 aromatic rings. The van der Waals surface area contributed by atoms with Gasteiger partial charge in [-0.2, -0.15) is 0 Å². The Morgan fingerprint density at radius 1 is 1.26 bits per heavy atom. The van der Waals surface area contributed by atoms with E-state index < -0.39 is 15.9 Å². The number of amides is 1. The van der Waals surface area contributed by atoms with E-state index in [1.807, 2.05) is 11.1 Å². The first-order valence-corrected chi connectivity index (χ1v) is 12.2. The van der Waals surface area contributed by atoms with Crippen molar-refractivity contribution < 1.29 is 22.8 Å². The van der Waals surface area contributed by atoms with E-state index >= 15 is 0 Å². The third-order valence-electron chi connectivity index (χ3n) is 5.84. The first kappa shape index (κ1) is 22.3. The maximum absolute atomic E-state index is 12.9. The number of carbonyl (C=O) groups excluding carboxylic acids is 1. The van der Waals surface area contributed by atoms with Gasteiger partial charge in [-0.1, -0.05) is 0 Å². The van der Waals surface area contributed by atoms with Crippen molar-refractivity contribution in [1.82, 2.24) is 25.3 Å². The molecule has 4 aliphatic rings. The molecule has 2 saturated heterocycles. The number of aliphatic imine (C=N–C) groups is 2. The average molecular weight is 456 g/mol. The van der Waals surface area contributed by atoms with Crippen LogP contribution < -0.4 is 16.1 Å². The van der Waals surface area contributed by atoms with Gasteiger partial charge in [0.15, 0.2) is 11.5 Å². The van der Waals surface area contributed by atoms with Crippen molar-refractivity contribution in [3.05, 3.63) is 12.4 Å². The van der Waals surface area contributed by atoms with E-state index in [0.29, 0.717) is 45.0 Å². The third kappa shape index (κ3) is 4.81. The van der Waals surface area contributed by atoms with Crippen molar-refractivity contribution in [1.29, 1.82) is 0 Å². The Hall–Kier alpha value is -1.90. The molecule has 0 aromatic heterocycles. The summed E-state index contributed by atoms with van der Waals surface area (Å²) in [6.45, 7) is 2.10. The van der Waals surface area contributed by atoms with Crippen LogP contribution in [0.4, 0.5) is 0 Å². The molecule has 0 saturated carbocycles. The molecule has 4 rings (SSSR count). The quantitative estimate of drug-likeness (QED) is 0.332. The number of amidine groups is 1. The Morgan fingerprint density at radius 2 is 1.97 bits per heavy atom. The molecular formula is C18H29N7O5S. The SMILES string of the molecule is CONC1(NC2CCN(S(C)(=O)=O)CC2)N=C2C(=NC=CN2C2CCOCC2)C(=O)N1. The minimum Gasteiger partial charge on any atom is -0.381 e. The second kappa shape index (κ2) is 8.92. The van der Waals surface area contributed by atoms with E-state index in [1.54, 1.807) is 6.20 Å². The fraction of sp³-hybridized carbons (Fsp3) is 0.722. The van der Waals surface area contributed by atoms with Crippen LogP contribution in [-0.4, -0.2) is 92.7 Å². The Morgan fingerprint density at radius 3 is 2.61 bits per heavy atom. The lowest BCUT2D eigenvalue weighted by Gasteiger charge is -2.43. The molecule has 3 N–H and O–H groups in total. The zero-order valence-electron chi connectivity index (χ0n) is 17.7. The van der Waals surface area contributed by atoms with Crippen LogP contribution in [0.1, 0.15) is 25.7 Å². The maximum atomic E-state index is 12.9. The normalized spacial score (nSPS) is 28.7. The van der Waals surface area contributed by atoms with Gasteiger partial charge in [0, 0.05) is 50.8 Å². The Balaban J connectivity index is 1.57. The summed E-state index contributed by atoms with van der Waals surface area (Å²) in [6, 6.07) is 0.0675. The number of sulfonamides is 1. The Bertz CT molecular complexity index is 891. The van der Waals surface area contributed by atoms with Crippen molar-refractivity contribution in [2.24, 2.45) is 9.98 Å². The number of piperidine rings is 1. The van der Waals surface area contributed by atoms with Gasteiger partial charge in [0.2, 0.25) is 10.0 Å². The Labute approximate surface area is 181 Å². The van der Waals surface area contributed by atoms with Gasteiger partial charge in [0.1, 0.15) is 0 Å². The molecule has 1 unspecified atom stereocenters. The minimum atomic E-state index is -3.22. The molecule has 0 bridgehead atoms. The van der Waals surface area contributed by atoms with Crippen molar-refractivity contribution in [3.8, 4) is 0 Å². The molecule has 31 heavy (non-hydrogen) atoms. The largest absolute Gasteiger partial charge is 0.381 e. The standard InChI is InChI=1S/C18H29N7O5S/c1-29-23-18(20-13-3-8-24(9-4-13)31(2,27)28)21-16-15(17(26)22-18)19-7-10-25(16)14-5-11-30-12-6-14/h7,10,13-14,20,23H,3-6,8-9,11-12H2,1-2H3,(H,22,26). The second-order valence-electron chi connectivity index (χ2n) is 8.01. The van der Waals surface area contributed by atoms with Crippen LogP contribution in [0, 0.1) is 0 Å². The summed E-state index contributed by atoms with van der Waals surface area (Å²) >= 11 is 0. The highest BCUT2D eigenvalue weighted by Gasteiger charge is 2.44. The van der Waals surface area contributed by atoms with E-state index in [0.717, 1.165) is 12.8 Å². The molecule has 172 valence electrons. The van der Waals surface area contributed by atoms with Crippen LogP contribution in [0.3, 0.4) is 0 Å². The first-order chi connectivity index (χ1) is 14.8. The fourth-order valence-corrected chi connectivity index (χ4v) is 5.16. The molecule has 1 amide bonds. The molecule has 4 aliphatic heterocycles. The first-order valence-electron chi connectivity index (χ1n) is 10.4. The van der Waals surface area contributed by atoms with Gasteiger partial charge in [0.25, 0.3) is 11.8 Å². The van der Waals surface area contributed by atoms with E-state index in [2.05, 4.69) is 21.1 Å². The lowest BCUT2D eigenvalue weighted by Crippen LogP contribution is -2.73. The molecule has 0 aromatic carbocycles. The number of nitrogens with one attached hydrogen (secondary N) is 3. The summed E-state index contributed by atoms with van der Waals surface area (Å²) in [6.07, 6.45) is 7.44. The molecule has 0 radical (unpaired) electrons. The summed E-state index contributed by atoms with van der Waals surface area (Å²) in [7, 11) is -1.78. The minimum absolute atomic E-state index is 0.0838.